The van der Waals surface area contributed by atoms with Gasteiger partial charge in [0.1, 0.15) is 11.2 Å². The predicted octanol–water partition coefficient (Wildman–Crippen LogP) is 16.0. The normalized spacial score (nSPS) is 11.4. The van der Waals surface area contributed by atoms with E-state index in [4.69, 9.17) is 4.42 Å². The zero-order chi connectivity index (χ0) is 38.4. The Hall–Kier alpha value is -7.68. The maximum absolute atomic E-state index is 6.54. The summed E-state index contributed by atoms with van der Waals surface area (Å²) in [5.41, 5.74) is 14.5. The number of hydrogen-bond donors (Lipinski definition) is 0. The van der Waals surface area contributed by atoms with Crippen LogP contribution >= 0.6 is 0 Å². The lowest BCUT2D eigenvalue weighted by Crippen LogP contribution is -2.11. The number of rotatable bonds is 7. The maximum atomic E-state index is 6.54. The minimum Gasteiger partial charge on any atom is -0.456 e. The third-order valence-electron chi connectivity index (χ3n) is 11.5. The van der Waals surface area contributed by atoms with Gasteiger partial charge in [0.05, 0.1) is 5.69 Å². The molecule has 58 heavy (non-hydrogen) atoms. The number of furan rings is 1. The summed E-state index contributed by atoms with van der Waals surface area (Å²) in [4.78, 5) is 2.38. The summed E-state index contributed by atoms with van der Waals surface area (Å²) in [7, 11) is 0. The highest BCUT2D eigenvalue weighted by Gasteiger charge is 2.21. The van der Waals surface area contributed by atoms with E-state index in [0.717, 1.165) is 50.1 Å². The molecule has 0 spiro atoms. The first-order valence-electron chi connectivity index (χ1n) is 19.8. The molecule has 0 fully saturated rings. The topological polar surface area (TPSA) is 16.4 Å². The monoisotopic (exact) mass is 739 g/mol. The number of anilines is 3. The fourth-order valence-corrected chi connectivity index (χ4v) is 8.62. The molecule has 2 nitrogen and oxygen atoms in total. The Morgan fingerprint density at radius 1 is 0.293 bits per heavy atom. The van der Waals surface area contributed by atoms with Crippen LogP contribution in [0.5, 0.6) is 0 Å². The highest BCUT2D eigenvalue weighted by Crippen LogP contribution is 2.46. The van der Waals surface area contributed by atoms with Crippen LogP contribution in [0.3, 0.4) is 0 Å². The fourth-order valence-electron chi connectivity index (χ4n) is 8.62. The lowest BCUT2D eigenvalue weighted by molar-refractivity contribution is 0.669. The molecular weight excluding hydrogens is 703 g/mol. The Kier molecular flexibility index (Phi) is 8.19. The molecule has 0 aliphatic carbocycles. The summed E-state index contributed by atoms with van der Waals surface area (Å²) < 4.78 is 6.54. The second-order valence-electron chi connectivity index (χ2n) is 14.9. The van der Waals surface area contributed by atoms with Gasteiger partial charge in [-0.1, -0.05) is 176 Å². The molecule has 0 N–H and O–H groups in total. The van der Waals surface area contributed by atoms with Gasteiger partial charge in [0, 0.05) is 27.7 Å². The molecule has 11 rings (SSSR count). The van der Waals surface area contributed by atoms with Crippen molar-refractivity contribution < 1.29 is 4.42 Å². The van der Waals surface area contributed by atoms with Crippen LogP contribution in [0.2, 0.25) is 0 Å². The van der Waals surface area contributed by atoms with E-state index in [1.807, 2.05) is 0 Å². The molecule has 0 unspecified atom stereocenters. The first-order valence-corrected chi connectivity index (χ1v) is 19.8. The van der Waals surface area contributed by atoms with Gasteiger partial charge in [0.25, 0.3) is 0 Å². The van der Waals surface area contributed by atoms with E-state index in [2.05, 4.69) is 229 Å². The molecule has 10 aromatic carbocycles. The summed E-state index contributed by atoms with van der Waals surface area (Å²) in [6, 6.07) is 80.6. The van der Waals surface area contributed by atoms with Gasteiger partial charge in [-0.05, 0) is 109 Å². The van der Waals surface area contributed by atoms with E-state index in [-0.39, 0.29) is 0 Å². The molecule has 1 aromatic heterocycles. The molecular formula is C56H37NO. The number of benzene rings is 10. The molecule has 0 bridgehead atoms. The average Bonchev–Trinajstić information content (AvgIpc) is 3.67. The van der Waals surface area contributed by atoms with Gasteiger partial charge in [-0.3, -0.25) is 0 Å². The molecule has 0 radical (unpaired) electrons. The van der Waals surface area contributed by atoms with E-state index >= 15 is 0 Å². The van der Waals surface area contributed by atoms with Crippen molar-refractivity contribution >= 4 is 60.5 Å². The van der Waals surface area contributed by atoms with Crippen molar-refractivity contribution in [3.8, 4) is 44.5 Å². The summed E-state index contributed by atoms with van der Waals surface area (Å²) >= 11 is 0. The van der Waals surface area contributed by atoms with Gasteiger partial charge in [0.15, 0.2) is 0 Å². The maximum Gasteiger partial charge on any atom is 0.136 e. The number of para-hydroxylation sites is 1. The highest BCUT2D eigenvalue weighted by molar-refractivity contribution is 6.16. The third kappa shape index (κ3) is 5.91. The van der Waals surface area contributed by atoms with Crippen molar-refractivity contribution in [2.75, 3.05) is 4.90 Å². The van der Waals surface area contributed by atoms with Crippen LogP contribution in [0.4, 0.5) is 17.1 Å². The largest absolute Gasteiger partial charge is 0.456 e. The van der Waals surface area contributed by atoms with Gasteiger partial charge >= 0.3 is 0 Å². The molecule has 0 saturated heterocycles. The lowest BCUT2D eigenvalue weighted by Gasteiger charge is -2.28. The van der Waals surface area contributed by atoms with E-state index in [9.17, 15) is 0 Å². The van der Waals surface area contributed by atoms with Crippen LogP contribution in [-0.2, 0) is 0 Å². The molecule has 11 aromatic rings. The fraction of sp³-hybridized carbons (Fsp3) is 0. The molecule has 0 aliphatic heterocycles. The summed E-state index contributed by atoms with van der Waals surface area (Å²) in [5.74, 6) is 0. The minimum absolute atomic E-state index is 0.882. The lowest BCUT2D eigenvalue weighted by atomic mass is 9.95. The minimum atomic E-state index is 0.882. The third-order valence-corrected chi connectivity index (χ3v) is 11.5. The van der Waals surface area contributed by atoms with Gasteiger partial charge in [-0.2, -0.15) is 0 Å². The molecule has 0 atom stereocenters. The molecule has 0 saturated carbocycles. The second-order valence-corrected chi connectivity index (χ2v) is 14.9. The van der Waals surface area contributed by atoms with E-state index in [0.29, 0.717) is 0 Å². The zero-order valence-corrected chi connectivity index (χ0v) is 31.7. The smallest absolute Gasteiger partial charge is 0.136 e. The van der Waals surface area contributed by atoms with Crippen molar-refractivity contribution in [3.05, 3.63) is 224 Å². The Morgan fingerprint density at radius 3 is 1.52 bits per heavy atom. The van der Waals surface area contributed by atoms with Crippen LogP contribution in [0, 0.1) is 0 Å². The SMILES string of the molecule is c1ccc(-c2ccc(N(c3ccc(-c4ccc(-c5cccc6ccccc56)cc4)cc3)c3ccccc3-c3cccc4oc5cc6ccccc6cc5c34)cc2)cc1. The summed E-state index contributed by atoms with van der Waals surface area (Å²) in [6.45, 7) is 0. The number of nitrogens with zero attached hydrogens (tertiary/aromatic N) is 1. The first kappa shape index (κ1) is 33.6. The van der Waals surface area contributed by atoms with Crippen LogP contribution in [0.25, 0.3) is 88.0 Å². The Labute approximate surface area is 337 Å². The Balaban J connectivity index is 1.02. The van der Waals surface area contributed by atoms with E-state index in [1.54, 1.807) is 0 Å². The first-order chi connectivity index (χ1) is 28.7. The molecule has 2 heteroatoms. The van der Waals surface area contributed by atoms with Crippen LogP contribution in [0.15, 0.2) is 229 Å². The number of hydrogen-bond acceptors (Lipinski definition) is 2. The van der Waals surface area contributed by atoms with Crippen LogP contribution in [-0.4, -0.2) is 0 Å². The van der Waals surface area contributed by atoms with E-state index < -0.39 is 0 Å². The second kappa shape index (κ2) is 14.1. The predicted molar refractivity (Wildman–Crippen MR) is 245 cm³/mol. The highest BCUT2D eigenvalue weighted by atomic mass is 16.3. The Bertz CT molecular complexity index is 3250. The molecule has 272 valence electrons. The van der Waals surface area contributed by atoms with Gasteiger partial charge in [-0.25, -0.2) is 0 Å². The van der Waals surface area contributed by atoms with Gasteiger partial charge in [-0.15, -0.1) is 0 Å². The summed E-state index contributed by atoms with van der Waals surface area (Å²) in [5, 5.41) is 7.13. The molecule has 1 heterocycles. The standard InChI is InChI=1S/C56H37NO/c1-2-12-38(13-3-1)40-28-32-46(33-29-40)57(47-34-30-41(31-35-47)39-24-26-43(27-25-39)49-20-10-17-42-14-6-7-18-48(42)49)53-22-9-8-19-50(53)51-21-11-23-54-56(51)52-36-44-15-4-5-16-45(44)37-55(52)58-54/h1-37H. The van der Waals surface area contributed by atoms with Crippen molar-refractivity contribution in [3.63, 3.8) is 0 Å². The summed E-state index contributed by atoms with van der Waals surface area (Å²) in [6.07, 6.45) is 0. The van der Waals surface area contributed by atoms with Crippen LogP contribution in [0.1, 0.15) is 0 Å². The van der Waals surface area contributed by atoms with Crippen molar-refractivity contribution in [2.24, 2.45) is 0 Å². The average molecular weight is 740 g/mol. The van der Waals surface area contributed by atoms with Crippen LogP contribution < -0.4 is 4.90 Å². The van der Waals surface area contributed by atoms with Crippen molar-refractivity contribution in [1.82, 2.24) is 0 Å². The van der Waals surface area contributed by atoms with Gasteiger partial charge < -0.3 is 9.32 Å². The molecule has 0 amide bonds. The quantitative estimate of drug-likeness (QED) is 0.162. The van der Waals surface area contributed by atoms with Crippen molar-refractivity contribution in [1.29, 1.82) is 0 Å². The Morgan fingerprint density at radius 2 is 0.793 bits per heavy atom. The molecule has 0 aliphatic rings. The number of fused-ring (bicyclic) bond motifs is 5. The van der Waals surface area contributed by atoms with Crippen molar-refractivity contribution in [2.45, 2.75) is 0 Å². The van der Waals surface area contributed by atoms with E-state index in [1.165, 1.54) is 54.9 Å². The zero-order valence-electron chi connectivity index (χ0n) is 31.7. The van der Waals surface area contributed by atoms with Gasteiger partial charge in [0.2, 0.25) is 0 Å².